The molecule has 3 aromatic rings. The molecular weight excluding hydrogens is 470 g/mol. The monoisotopic (exact) mass is 509 g/mol. The number of aromatic nitrogens is 3. The van der Waals surface area contributed by atoms with E-state index >= 15 is 0 Å². The number of aliphatic hydroxyl groups is 1. The van der Waals surface area contributed by atoms with Gasteiger partial charge < -0.3 is 29.7 Å². The van der Waals surface area contributed by atoms with E-state index in [1.54, 1.807) is 7.05 Å². The van der Waals surface area contributed by atoms with Gasteiger partial charge in [-0.15, -0.1) is 0 Å². The van der Waals surface area contributed by atoms with Crippen LogP contribution in [0, 0.1) is 26.2 Å². The molecule has 1 aliphatic heterocycles. The Kier molecular flexibility index (Phi) is 8.79. The van der Waals surface area contributed by atoms with Crippen LogP contribution >= 0.6 is 0 Å². The number of benzene rings is 1. The van der Waals surface area contributed by atoms with Crippen molar-refractivity contribution >= 4 is 5.82 Å². The van der Waals surface area contributed by atoms with Crippen molar-refractivity contribution in [3.8, 4) is 28.4 Å². The van der Waals surface area contributed by atoms with Crippen molar-refractivity contribution in [2.24, 2.45) is 5.41 Å². The Hall–Kier alpha value is -3.01. The van der Waals surface area contributed by atoms with E-state index in [2.05, 4.69) is 22.7 Å². The highest BCUT2D eigenvalue weighted by Gasteiger charge is 2.31. The van der Waals surface area contributed by atoms with Crippen LogP contribution in [0.4, 0.5) is 5.82 Å². The first kappa shape index (κ1) is 27.0. The van der Waals surface area contributed by atoms with Crippen LogP contribution < -0.4 is 15.4 Å². The zero-order chi connectivity index (χ0) is 26.4. The molecule has 0 bridgehead atoms. The number of hydrogen-bond acceptors (Lipinski definition) is 9. The van der Waals surface area contributed by atoms with Gasteiger partial charge in [0, 0.05) is 37.4 Å². The molecule has 0 aliphatic carbocycles. The van der Waals surface area contributed by atoms with Crippen molar-refractivity contribution in [3.63, 3.8) is 0 Å². The minimum absolute atomic E-state index is 0.181. The highest BCUT2D eigenvalue weighted by atomic mass is 16.5. The summed E-state index contributed by atoms with van der Waals surface area (Å²) in [4.78, 5) is 9.95. The molecule has 37 heavy (non-hydrogen) atoms. The number of anilines is 1. The van der Waals surface area contributed by atoms with E-state index in [9.17, 15) is 5.11 Å². The molecule has 200 valence electrons. The summed E-state index contributed by atoms with van der Waals surface area (Å²) in [5.41, 5.74) is 4.45. The predicted octanol–water partition coefficient (Wildman–Crippen LogP) is 4.30. The summed E-state index contributed by atoms with van der Waals surface area (Å²) in [5, 5.41) is 20.8. The number of likely N-dealkylation sites (N-methyl/N-ethyl adjacent to an activating group) is 1. The molecule has 4 rings (SSSR count). The van der Waals surface area contributed by atoms with Crippen molar-refractivity contribution in [2.75, 3.05) is 45.3 Å². The molecule has 1 fully saturated rings. The molecule has 1 aliphatic rings. The van der Waals surface area contributed by atoms with Gasteiger partial charge in [-0.3, -0.25) is 0 Å². The Labute approximate surface area is 219 Å². The lowest BCUT2D eigenvalue weighted by Crippen LogP contribution is -2.35. The molecule has 0 radical (unpaired) electrons. The van der Waals surface area contributed by atoms with Gasteiger partial charge in [0.15, 0.2) is 5.82 Å². The SMILES string of the molecule is CCC1(CNc2nc(-c3cccc(OCC(O)CNC)c3)nc(-c3c(C)noc3C)c2C)CCOCC1. The zero-order valence-corrected chi connectivity index (χ0v) is 22.6. The fourth-order valence-corrected chi connectivity index (χ4v) is 4.83. The standard InChI is InChI=1S/C28H39N5O4/c1-6-28(10-12-35-13-11-28)17-30-26-18(2)25(24-19(3)33-37-20(24)4)31-27(32-26)21-8-7-9-23(14-21)36-16-22(34)15-29-5/h7-9,14,22,29,34H,6,10-13,15-17H2,1-5H3,(H,30,31,32). The van der Waals surface area contributed by atoms with Crippen molar-refractivity contribution in [2.45, 2.75) is 53.1 Å². The lowest BCUT2D eigenvalue weighted by Gasteiger charge is -2.36. The molecule has 2 aromatic heterocycles. The Balaban J connectivity index is 1.70. The molecule has 9 heteroatoms. The lowest BCUT2D eigenvalue weighted by molar-refractivity contribution is 0.0191. The van der Waals surface area contributed by atoms with E-state index in [0.29, 0.717) is 18.1 Å². The normalized spacial score (nSPS) is 15.9. The quantitative estimate of drug-likeness (QED) is 0.348. The number of nitrogens with one attached hydrogen (secondary N) is 2. The summed E-state index contributed by atoms with van der Waals surface area (Å²) >= 11 is 0. The van der Waals surface area contributed by atoms with E-state index in [-0.39, 0.29) is 12.0 Å². The topological polar surface area (TPSA) is 115 Å². The van der Waals surface area contributed by atoms with E-state index in [1.807, 2.05) is 45.0 Å². The van der Waals surface area contributed by atoms with E-state index < -0.39 is 6.10 Å². The molecule has 0 amide bonds. The van der Waals surface area contributed by atoms with Crippen LogP contribution in [-0.2, 0) is 4.74 Å². The van der Waals surface area contributed by atoms with Crippen LogP contribution in [-0.4, -0.2) is 66.3 Å². The van der Waals surface area contributed by atoms with Crippen molar-refractivity contribution in [1.82, 2.24) is 20.4 Å². The third kappa shape index (κ3) is 6.29. The molecule has 3 heterocycles. The van der Waals surface area contributed by atoms with Gasteiger partial charge in [-0.2, -0.15) is 0 Å². The molecule has 0 spiro atoms. The van der Waals surface area contributed by atoms with Crippen molar-refractivity contribution in [3.05, 3.63) is 41.3 Å². The Morgan fingerprint density at radius 3 is 2.62 bits per heavy atom. The molecular formula is C28H39N5O4. The maximum Gasteiger partial charge on any atom is 0.162 e. The highest BCUT2D eigenvalue weighted by molar-refractivity contribution is 5.74. The second kappa shape index (κ2) is 12.0. The molecule has 1 atom stereocenters. The minimum Gasteiger partial charge on any atom is -0.491 e. The van der Waals surface area contributed by atoms with Crippen LogP contribution in [0.15, 0.2) is 28.8 Å². The number of ether oxygens (including phenoxy) is 2. The molecule has 1 aromatic carbocycles. The van der Waals surface area contributed by atoms with Gasteiger partial charge in [-0.05, 0) is 64.6 Å². The number of hydrogen-bond donors (Lipinski definition) is 3. The fourth-order valence-electron chi connectivity index (χ4n) is 4.83. The van der Waals surface area contributed by atoms with Crippen LogP contribution in [0.5, 0.6) is 5.75 Å². The Bertz CT molecular complexity index is 1170. The maximum absolute atomic E-state index is 10.0. The number of aliphatic hydroxyl groups excluding tert-OH is 1. The highest BCUT2D eigenvalue weighted by Crippen LogP contribution is 2.37. The summed E-state index contributed by atoms with van der Waals surface area (Å²) < 4.78 is 16.9. The number of rotatable bonds is 11. The second-order valence-electron chi connectivity index (χ2n) is 9.94. The summed E-state index contributed by atoms with van der Waals surface area (Å²) in [6, 6.07) is 7.65. The van der Waals surface area contributed by atoms with E-state index in [4.69, 9.17) is 24.0 Å². The van der Waals surface area contributed by atoms with Gasteiger partial charge in [0.25, 0.3) is 0 Å². The summed E-state index contributed by atoms with van der Waals surface area (Å²) in [6.07, 6.45) is 2.55. The number of aryl methyl sites for hydroxylation is 2. The van der Waals surface area contributed by atoms with Crippen LogP contribution in [0.1, 0.15) is 43.2 Å². The van der Waals surface area contributed by atoms with Crippen LogP contribution in [0.3, 0.4) is 0 Å². The smallest absolute Gasteiger partial charge is 0.162 e. The van der Waals surface area contributed by atoms with E-state index in [0.717, 1.165) is 78.7 Å². The van der Waals surface area contributed by atoms with Gasteiger partial charge >= 0.3 is 0 Å². The first-order valence-electron chi connectivity index (χ1n) is 13.0. The Morgan fingerprint density at radius 1 is 1.16 bits per heavy atom. The van der Waals surface area contributed by atoms with Crippen molar-refractivity contribution < 1.29 is 19.1 Å². The minimum atomic E-state index is -0.595. The summed E-state index contributed by atoms with van der Waals surface area (Å²) in [6.45, 7) is 11.2. The first-order chi connectivity index (χ1) is 17.9. The fraction of sp³-hybridized carbons (Fsp3) is 0.536. The summed E-state index contributed by atoms with van der Waals surface area (Å²) in [5.74, 6) is 2.76. The van der Waals surface area contributed by atoms with Gasteiger partial charge in [-0.25, -0.2) is 9.97 Å². The average Bonchev–Trinajstić information content (AvgIpc) is 3.25. The molecule has 3 N–H and O–H groups in total. The first-order valence-corrected chi connectivity index (χ1v) is 13.0. The predicted molar refractivity (Wildman–Crippen MR) is 144 cm³/mol. The third-order valence-electron chi connectivity index (χ3n) is 7.32. The summed E-state index contributed by atoms with van der Waals surface area (Å²) in [7, 11) is 1.80. The van der Waals surface area contributed by atoms with Crippen LogP contribution in [0.25, 0.3) is 22.6 Å². The lowest BCUT2D eigenvalue weighted by atomic mass is 9.78. The average molecular weight is 510 g/mol. The maximum atomic E-state index is 10.0. The molecule has 0 saturated carbocycles. The Morgan fingerprint density at radius 2 is 1.95 bits per heavy atom. The largest absolute Gasteiger partial charge is 0.491 e. The molecule has 1 saturated heterocycles. The van der Waals surface area contributed by atoms with Gasteiger partial charge in [0.1, 0.15) is 30.0 Å². The molecule has 9 nitrogen and oxygen atoms in total. The van der Waals surface area contributed by atoms with Gasteiger partial charge in [0.2, 0.25) is 0 Å². The second-order valence-corrected chi connectivity index (χ2v) is 9.94. The van der Waals surface area contributed by atoms with Gasteiger partial charge in [-0.1, -0.05) is 24.2 Å². The van der Waals surface area contributed by atoms with Gasteiger partial charge in [0.05, 0.1) is 17.0 Å². The number of nitrogens with zero attached hydrogens (tertiary/aromatic N) is 3. The third-order valence-corrected chi connectivity index (χ3v) is 7.32. The van der Waals surface area contributed by atoms with Crippen molar-refractivity contribution in [1.29, 1.82) is 0 Å². The zero-order valence-electron chi connectivity index (χ0n) is 22.6. The van der Waals surface area contributed by atoms with Crippen LogP contribution in [0.2, 0.25) is 0 Å². The van der Waals surface area contributed by atoms with E-state index in [1.165, 1.54) is 0 Å². The molecule has 1 unspecified atom stereocenters.